The molecule has 0 aliphatic heterocycles. The van der Waals surface area contributed by atoms with E-state index in [-0.39, 0.29) is 41.4 Å². The van der Waals surface area contributed by atoms with Crippen LogP contribution in [0.1, 0.15) is 28.2 Å². The van der Waals surface area contributed by atoms with Crippen LogP contribution >= 0.6 is 11.6 Å². The number of amides is 1. The molecular formula is C15H12ClFN4O4. The van der Waals surface area contributed by atoms with Crippen molar-refractivity contribution in [3.63, 3.8) is 0 Å². The molecule has 130 valence electrons. The van der Waals surface area contributed by atoms with Gasteiger partial charge in [0.15, 0.2) is 12.3 Å². The van der Waals surface area contributed by atoms with E-state index in [1.54, 1.807) is 6.92 Å². The SMILES string of the molecule is Cc1nnc(CNC(=O)c2coc(COc3ccc(F)cc3Cl)n2)o1. The van der Waals surface area contributed by atoms with Gasteiger partial charge in [-0.2, -0.15) is 0 Å². The minimum atomic E-state index is -0.469. The van der Waals surface area contributed by atoms with Crippen LogP contribution in [0.4, 0.5) is 4.39 Å². The number of rotatable bonds is 6. The molecule has 0 spiro atoms. The number of benzene rings is 1. The summed E-state index contributed by atoms with van der Waals surface area (Å²) in [6.07, 6.45) is 1.19. The minimum Gasteiger partial charge on any atom is -0.482 e. The Morgan fingerprint density at radius 3 is 2.92 bits per heavy atom. The third kappa shape index (κ3) is 4.32. The largest absolute Gasteiger partial charge is 0.482 e. The molecule has 0 radical (unpaired) electrons. The number of hydrogen-bond donors (Lipinski definition) is 1. The van der Waals surface area contributed by atoms with Gasteiger partial charge in [-0.1, -0.05) is 11.6 Å². The molecule has 8 nitrogen and oxygen atoms in total. The maximum Gasteiger partial charge on any atom is 0.273 e. The van der Waals surface area contributed by atoms with E-state index in [0.29, 0.717) is 5.89 Å². The summed E-state index contributed by atoms with van der Waals surface area (Å²) in [6.45, 7) is 1.65. The minimum absolute atomic E-state index is 0.0680. The van der Waals surface area contributed by atoms with Gasteiger partial charge in [0, 0.05) is 6.92 Å². The van der Waals surface area contributed by atoms with Crippen molar-refractivity contribution in [2.75, 3.05) is 0 Å². The van der Waals surface area contributed by atoms with Crippen molar-refractivity contribution in [2.24, 2.45) is 0 Å². The first-order chi connectivity index (χ1) is 12.0. The zero-order valence-corrected chi connectivity index (χ0v) is 13.7. The summed E-state index contributed by atoms with van der Waals surface area (Å²) in [5, 5.41) is 10.1. The number of halogens is 2. The summed E-state index contributed by atoms with van der Waals surface area (Å²) in [5.74, 6) is 0.196. The third-order valence-corrected chi connectivity index (χ3v) is 3.29. The van der Waals surface area contributed by atoms with Crippen LogP contribution in [0.15, 0.2) is 33.3 Å². The van der Waals surface area contributed by atoms with Gasteiger partial charge in [0.05, 0.1) is 11.6 Å². The van der Waals surface area contributed by atoms with Gasteiger partial charge in [0.2, 0.25) is 17.7 Å². The highest BCUT2D eigenvalue weighted by atomic mass is 35.5. The van der Waals surface area contributed by atoms with Gasteiger partial charge >= 0.3 is 0 Å². The Morgan fingerprint density at radius 2 is 2.20 bits per heavy atom. The molecule has 10 heteroatoms. The molecule has 25 heavy (non-hydrogen) atoms. The molecule has 3 aromatic rings. The number of aromatic nitrogens is 3. The Kier molecular flexibility index (Phi) is 4.94. The quantitative estimate of drug-likeness (QED) is 0.715. The standard InChI is InChI=1S/C15H12ClFN4O4/c1-8-20-21-13(25-8)5-18-15(22)11-6-24-14(19-11)7-23-12-3-2-9(17)4-10(12)16/h2-4,6H,5,7H2,1H3,(H,18,22). The Labute approximate surface area is 146 Å². The highest BCUT2D eigenvalue weighted by Gasteiger charge is 2.14. The monoisotopic (exact) mass is 366 g/mol. The maximum atomic E-state index is 13.0. The van der Waals surface area contributed by atoms with Gasteiger partial charge in [-0.05, 0) is 18.2 Å². The topological polar surface area (TPSA) is 103 Å². The Balaban J connectivity index is 1.55. The number of oxazole rings is 1. The van der Waals surface area contributed by atoms with Crippen molar-refractivity contribution in [1.82, 2.24) is 20.5 Å². The predicted molar refractivity (Wildman–Crippen MR) is 82.5 cm³/mol. The second-order valence-electron chi connectivity index (χ2n) is 4.89. The smallest absolute Gasteiger partial charge is 0.273 e. The lowest BCUT2D eigenvalue weighted by molar-refractivity contribution is 0.0942. The molecule has 1 N–H and O–H groups in total. The van der Waals surface area contributed by atoms with E-state index in [9.17, 15) is 9.18 Å². The molecule has 0 bridgehead atoms. The summed E-state index contributed by atoms with van der Waals surface area (Å²) in [5.41, 5.74) is 0.0695. The first kappa shape index (κ1) is 16.9. The molecule has 0 atom stereocenters. The van der Waals surface area contributed by atoms with Crippen molar-refractivity contribution < 1.29 is 22.8 Å². The number of carbonyl (C=O) groups is 1. The second kappa shape index (κ2) is 7.31. The van der Waals surface area contributed by atoms with Crippen LogP contribution < -0.4 is 10.1 Å². The molecule has 2 aromatic heterocycles. The number of ether oxygens (including phenoxy) is 1. The molecule has 0 aliphatic rings. The number of hydrogen-bond acceptors (Lipinski definition) is 7. The zero-order valence-electron chi connectivity index (χ0n) is 13.0. The molecule has 0 saturated heterocycles. The fraction of sp³-hybridized carbons (Fsp3) is 0.200. The highest BCUT2D eigenvalue weighted by molar-refractivity contribution is 6.32. The van der Waals surface area contributed by atoms with Crippen molar-refractivity contribution >= 4 is 17.5 Å². The van der Waals surface area contributed by atoms with Crippen molar-refractivity contribution in [3.05, 3.63) is 58.7 Å². The molecule has 1 aromatic carbocycles. The van der Waals surface area contributed by atoms with E-state index in [1.165, 1.54) is 18.4 Å². The summed E-state index contributed by atoms with van der Waals surface area (Å²) < 4.78 is 28.7. The number of aryl methyl sites for hydroxylation is 1. The van der Waals surface area contributed by atoms with Gasteiger partial charge in [0.25, 0.3) is 5.91 Å². The van der Waals surface area contributed by atoms with Crippen molar-refractivity contribution in [2.45, 2.75) is 20.1 Å². The first-order valence-electron chi connectivity index (χ1n) is 7.10. The summed E-state index contributed by atoms with van der Waals surface area (Å²) in [6, 6.07) is 3.74. The Bertz CT molecular complexity index is 895. The summed E-state index contributed by atoms with van der Waals surface area (Å²) >= 11 is 5.85. The lowest BCUT2D eigenvalue weighted by atomic mass is 10.3. The summed E-state index contributed by atoms with van der Waals surface area (Å²) in [4.78, 5) is 16.0. The van der Waals surface area contributed by atoms with E-state index < -0.39 is 11.7 Å². The normalized spacial score (nSPS) is 10.7. The van der Waals surface area contributed by atoms with Crippen LogP contribution in [-0.2, 0) is 13.2 Å². The molecular weight excluding hydrogens is 355 g/mol. The molecule has 0 saturated carbocycles. The second-order valence-corrected chi connectivity index (χ2v) is 5.29. The average molecular weight is 367 g/mol. The maximum absolute atomic E-state index is 13.0. The van der Waals surface area contributed by atoms with Crippen molar-refractivity contribution in [1.29, 1.82) is 0 Å². The van der Waals surface area contributed by atoms with E-state index in [2.05, 4.69) is 20.5 Å². The molecule has 0 aliphatic carbocycles. The molecule has 0 fully saturated rings. The molecule has 2 heterocycles. The number of nitrogens with one attached hydrogen (secondary N) is 1. The Morgan fingerprint density at radius 1 is 1.36 bits per heavy atom. The molecule has 3 rings (SSSR count). The van der Waals surface area contributed by atoms with Crippen LogP contribution in [0.2, 0.25) is 5.02 Å². The van der Waals surface area contributed by atoms with E-state index >= 15 is 0 Å². The van der Waals surface area contributed by atoms with Gasteiger partial charge < -0.3 is 18.9 Å². The number of carbonyl (C=O) groups excluding carboxylic acids is 1. The predicted octanol–water partition coefficient (Wildman–Crippen LogP) is 2.67. The van der Waals surface area contributed by atoms with Gasteiger partial charge in [-0.25, -0.2) is 9.37 Å². The zero-order chi connectivity index (χ0) is 17.8. The van der Waals surface area contributed by atoms with Gasteiger partial charge in [-0.3, -0.25) is 4.79 Å². The third-order valence-electron chi connectivity index (χ3n) is 3.00. The van der Waals surface area contributed by atoms with Crippen LogP contribution in [0.25, 0.3) is 0 Å². The molecule has 1 amide bonds. The van der Waals surface area contributed by atoms with Crippen LogP contribution in [0, 0.1) is 12.7 Å². The first-order valence-corrected chi connectivity index (χ1v) is 7.48. The van der Waals surface area contributed by atoms with E-state index in [1.807, 2.05) is 0 Å². The average Bonchev–Trinajstić information content (AvgIpc) is 3.21. The van der Waals surface area contributed by atoms with E-state index in [4.69, 9.17) is 25.2 Å². The highest BCUT2D eigenvalue weighted by Crippen LogP contribution is 2.25. The van der Waals surface area contributed by atoms with E-state index in [0.717, 1.165) is 6.07 Å². The van der Waals surface area contributed by atoms with Crippen molar-refractivity contribution in [3.8, 4) is 5.75 Å². The van der Waals surface area contributed by atoms with Crippen LogP contribution in [0.3, 0.4) is 0 Å². The van der Waals surface area contributed by atoms with Gasteiger partial charge in [-0.15, -0.1) is 10.2 Å². The molecule has 0 unspecified atom stereocenters. The lowest BCUT2D eigenvalue weighted by Crippen LogP contribution is -2.23. The summed E-state index contributed by atoms with van der Waals surface area (Å²) in [7, 11) is 0. The number of nitrogens with zero attached hydrogens (tertiary/aromatic N) is 3. The lowest BCUT2D eigenvalue weighted by Gasteiger charge is -2.05. The Hall–Kier alpha value is -2.94. The fourth-order valence-corrected chi connectivity index (χ4v) is 2.09. The fourth-order valence-electron chi connectivity index (χ4n) is 1.87. The van der Waals surface area contributed by atoms with Gasteiger partial charge in [0.1, 0.15) is 17.8 Å². The van der Waals surface area contributed by atoms with Crippen LogP contribution in [-0.4, -0.2) is 21.1 Å². The van der Waals surface area contributed by atoms with Crippen LogP contribution in [0.5, 0.6) is 5.75 Å².